The van der Waals surface area contributed by atoms with Crippen LogP contribution in [-0.2, 0) is 0 Å². The van der Waals surface area contributed by atoms with Crippen LogP contribution >= 0.6 is 0 Å². The summed E-state index contributed by atoms with van der Waals surface area (Å²) in [6.07, 6.45) is 6.04. The van der Waals surface area contributed by atoms with Gasteiger partial charge in [-0.2, -0.15) is 0 Å². The molecule has 0 aliphatic carbocycles. The second-order valence-corrected chi connectivity index (χ2v) is 2.68. The highest BCUT2D eigenvalue weighted by atomic mass is 19.2. The van der Waals surface area contributed by atoms with E-state index in [1.807, 2.05) is 0 Å². The fourth-order valence-electron chi connectivity index (χ4n) is 1.02. The standard InChI is InChI=1S/C7H4F2N2.C5H4/c8-4-1-2-5-7(6(4)9)11-3-10-5;1-3-5-4-2/h1-3H,(H,10,11);1H,2H3. The molecule has 1 aromatic heterocycles. The molecule has 0 bridgehead atoms. The molecule has 0 aliphatic rings. The number of imidazole rings is 1. The van der Waals surface area contributed by atoms with Crippen molar-refractivity contribution >= 4 is 11.0 Å². The first-order valence-electron chi connectivity index (χ1n) is 4.35. The minimum Gasteiger partial charge on any atom is -0.345 e. The molecule has 4 heteroatoms. The normalized spacial score (nSPS) is 8.38. The van der Waals surface area contributed by atoms with Gasteiger partial charge in [-0.3, -0.25) is 0 Å². The van der Waals surface area contributed by atoms with Crippen molar-refractivity contribution in [3.63, 3.8) is 0 Å². The number of aromatic amines is 1. The lowest BCUT2D eigenvalue weighted by molar-refractivity contribution is 0.515. The van der Waals surface area contributed by atoms with Gasteiger partial charge < -0.3 is 4.98 Å². The van der Waals surface area contributed by atoms with E-state index in [1.165, 1.54) is 12.4 Å². The largest absolute Gasteiger partial charge is 0.345 e. The SMILES string of the molecule is C#CC#CC.Fc1ccc2[nH]cnc2c1F. The highest BCUT2D eigenvalue weighted by molar-refractivity contribution is 5.74. The maximum atomic E-state index is 12.8. The quantitative estimate of drug-likeness (QED) is 0.676. The lowest BCUT2D eigenvalue weighted by Crippen LogP contribution is -1.84. The molecule has 0 saturated carbocycles. The monoisotopic (exact) mass is 218 g/mol. The van der Waals surface area contributed by atoms with Gasteiger partial charge in [0.05, 0.1) is 11.8 Å². The van der Waals surface area contributed by atoms with Gasteiger partial charge in [-0.05, 0) is 30.9 Å². The fraction of sp³-hybridized carbons (Fsp3) is 0.0833. The van der Waals surface area contributed by atoms with E-state index in [9.17, 15) is 8.78 Å². The molecule has 0 unspecified atom stereocenters. The zero-order chi connectivity index (χ0) is 12.0. The van der Waals surface area contributed by atoms with Crippen LogP contribution in [0.15, 0.2) is 18.5 Å². The molecule has 1 N–H and O–H groups in total. The second kappa shape index (κ2) is 5.53. The molecule has 16 heavy (non-hydrogen) atoms. The van der Waals surface area contributed by atoms with Crippen molar-refractivity contribution in [1.82, 2.24) is 9.97 Å². The molecule has 0 fully saturated rings. The van der Waals surface area contributed by atoms with Crippen LogP contribution < -0.4 is 0 Å². The number of halogens is 2. The van der Waals surface area contributed by atoms with Crippen LogP contribution in [0.3, 0.4) is 0 Å². The van der Waals surface area contributed by atoms with E-state index in [-0.39, 0.29) is 5.52 Å². The second-order valence-electron chi connectivity index (χ2n) is 2.68. The summed E-state index contributed by atoms with van der Waals surface area (Å²) in [4.78, 5) is 6.28. The van der Waals surface area contributed by atoms with Gasteiger partial charge in [0, 0.05) is 0 Å². The number of hydrogen-bond donors (Lipinski definition) is 1. The number of aromatic nitrogens is 2. The number of terminal acetylenes is 1. The van der Waals surface area contributed by atoms with E-state index >= 15 is 0 Å². The maximum absolute atomic E-state index is 12.8. The zero-order valence-electron chi connectivity index (χ0n) is 8.51. The van der Waals surface area contributed by atoms with E-state index in [2.05, 4.69) is 27.7 Å². The Bertz CT molecular complexity index is 582. The number of rotatable bonds is 0. The first kappa shape index (κ1) is 11.7. The molecule has 1 heterocycles. The smallest absolute Gasteiger partial charge is 0.186 e. The molecule has 2 rings (SSSR count). The number of fused-ring (bicyclic) bond motifs is 1. The Morgan fingerprint density at radius 2 is 2.12 bits per heavy atom. The number of H-pyrrole nitrogens is 1. The Kier molecular flexibility index (Phi) is 4.06. The molecule has 0 saturated heterocycles. The third-order valence-electron chi connectivity index (χ3n) is 1.68. The van der Waals surface area contributed by atoms with Crippen molar-refractivity contribution in [1.29, 1.82) is 0 Å². The Morgan fingerprint density at radius 3 is 2.69 bits per heavy atom. The van der Waals surface area contributed by atoms with Crippen molar-refractivity contribution < 1.29 is 8.78 Å². The van der Waals surface area contributed by atoms with E-state index in [0.29, 0.717) is 5.52 Å². The first-order valence-corrected chi connectivity index (χ1v) is 4.35. The number of benzene rings is 1. The summed E-state index contributed by atoms with van der Waals surface area (Å²) < 4.78 is 25.3. The first-order chi connectivity index (χ1) is 7.70. The van der Waals surface area contributed by atoms with Crippen molar-refractivity contribution in [2.45, 2.75) is 6.92 Å². The topological polar surface area (TPSA) is 28.7 Å². The van der Waals surface area contributed by atoms with Gasteiger partial charge in [-0.25, -0.2) is 13.8 Å². The van der Waals surface area contributed by atoms with E-state index in [1.54, 1.807) is 6.92 Å². The molecule has 80 valence electrons. The molecule has 0 aliphatic heterocycles. The van der Waals surface area contributed by atoms with E-state index < -0.39 is 11.6 Å². The van der Waals surface area contributed by atoms with Crippen LogP contribution in [0.1, 0.15) is 6.92 Å². The van der Waals surface area contributed by atoms with Crippen LogP contribution in [0.2, 0.25) is 0 Å². The molecule has 0 atom stereocenters. The molecular formula is C12H8F2N2. The van der Waals surface area contributed by atoms with E-state index in [4.69, 9.17) is 6.42 Å². The van der Waals surface area contributed by atoms with Crippen LogP contribution in [-0.4, -0.2) is 9.97 Å². The summed E-state index contributed by atoms with van der Waals surface area (Å²) in [5, 5.41) is 0. The fourth-order valence-corrected chi connectivity index (χ4v) is 1.02. The average Bonchev–Trinajstić information content (AvgIpc) is 2.74. The Hall–Kier alpha value is -2.33. The lowest BCUT2D eigenvalue weighted by Gasteiger charge is -1.91. The van der Waals surface area contributed by atoms with Crippen LogP contribution in [0, 0.1) is 35.8 Å². The predicted molar refractivity (Wildman–Crippen MR) is 58.3 cm³/mol. The number of nitrogens with zero attached hydrogens (tertiary/aromatic N) is 1. The van der Waals surface area contributed by atoms with Gasteiger partial charge in [0.15, 0.2) is 11.6 Å². The Balaban J connectivity index is 0.000000221. The van der Waals surface area contributed by atoms with Gasteiger partial charge in [-0.1, -0.05) is 5.92 Å². The van der Waals surface area contributed by atoms with Crippen molar-refractivity contribution in [3.05, 3.63) is 30.1 Å². The average molecular weight is 218 g/mol. The van der Waals surface area contributed by atoms with Crippen LogP contribution in [0.4, 0.5) is 8.78 Å². The van der Waals surface area contributed by atoms with E-state index in [0.717, 1.165) is 6.07 Å². The lowest BCUT2D eigenvalue weighted by atomic mass is 10.3. The molecule has 0 amide bonds. The van der Waals surface area contributed by atoms with Gasteiger partial charge in [0.1, 0.15) is 5.52 Å². The third-order valence-corrected chi connectivity index (χ3v) is 1.68. The van der Waals surface area contributed by atoms with Gasteiger partial charge >= 0.3 is 0 Å². The molecule has 2 aromatic rings. The summed E-state index contributed by atoms with van der Waals surface area (Å²) in [6, 6.07) is 2.51. The van der Waals surface area contributed by atoms with Crippen LogP contribution in [0.25, 0.3) is 11.0 Å². The highest BCUT2D eigenvalue weighted by Gasteiger charge is 2.07. The highest BCUT2D eigenvalue weighted by Crippen LogP contribution is 2.15. The number of hydrogen-bond acceptors (Lipinski definition) is 1. The van der Waals surface area contributed by atoms with Crippen molar-refractivity contribution in [3.8, 4) is 24.2 Å². The van der Waals surface area contributed by atoms with Crippen LogP contribution in [0.5, 0.6) is 0 Å². The summed E-state index contributed by atoms with van der Waals surface area (Å²) in [5.41, 5.74) is 0.550. The molecule has 1 aromatic carbocycles. The van der Waals surface area contributed by atoms with Crippen molar-refractivity contribution in [2.75, 3.05) is 0 Å². The summed E-state index contributed by atoms with van der Waals surface area (Å²) in [5.74, 6) is 5.31. The maximum Gasteiger partial charge on any atom is 0.186 e. The molecular weight excluding hydrogens is 210 g/mol. The molecule has 0 radical (unpaired) electrons. The number of nitrogens with one attached hydrogen (secondary N) is 1. The molecule has 0 spiro atoms. The minimum atomic E-state index is -0.899. The van der Waals surface area contributed by atoms with Crippen molar-refractivity contribution in [2.24, 2.45) is 0 Å². The van der Waals surface area contributed by atoms with Gasteiger partial charge in [-0.15, -0.1) is 6.42 Å². The Morgan fingerprint density at radius 1 is 1.38 bits per heavy atom. The predicted octanol–water partition coefficient (Wildman–Crippen LogP) is 2.48. The Labute approximate surface area is 91.7 Å². The third kappa shape index (κ3) is 2.59. The molecule has 2 nitrogen and oxygen atoms in total. The zero-order valence-corrected chi connectivity index (χ0v) is 8.51. The summed E-state index contributed by atoms with van der Waals surface area (Å²) in [7, 11) is 0. The van der Waals surface area contributed by atoms with Gasteiger partial charge in [0.2, 0.25) is 0 Å². The minimum absolute atomic E-state index is 0.0463. The van der Waals surface area contributed by atoms with Gasteiger partial charge in [0.25, 0.3) is 0 Å². The summed E-state index contributed by atoms with van der Waals surface area (Å²) >= 11 is 0. The summed E-state index contributed by atoms with van der Waals surface area (Å²) in [6.45, 7) is 1.71.